The maximum atomic E-state index is 5.00. The highest BCUT2D eigenvalue weighted by Gasteiger charge is 2.00. The number of nitrogens with two attached hydrogens (primary N) is 1. The minimum absolute atomic E-state index is 0.0115. The summed E-state index contributed by atoms with van der Waals surface area (Å²) in [5, 5.41) is 0. The lowest BCUT2D eigenvalue weighted by Gasteiger charge is -2.06. The molecule has 1 aromatic rings. The van der Waals surface area contributed by atoms with Crippen LogP contribution in [-0.4, -0.2) is 5.44 Å². The summed E-state index contributed by atoms with van der Waals surface area (Å²) in [4.78, 5) is 5.79. The van der Waals surface area contributed by atoms with E-state index >= 15 is 0 Å². The molecule has 3 heteroatoms. The Bertz CT molecular complexity index is 203. The van der Waals surface area contributed by atoms with Crippen LogP contribution < -0.4 is 5.90 Å². The van der Waals surface area contributed by atoms with Crippen LogP contribution in [0.4, 0.5) is 0 Å². The van der Waals surface area contributed by atoms with E-state index in [4.69, 9.17) is 5.90 Å². The molecule has 0 aliphatic rings. The molecule has 0 saturated carbocycles. The van der Waals surface area contributed by atoms with Crippen molar-refractivity contribution < 1.29 is 4.84 Å². The number of rotatable bonds is 3. The van der Waals surface area contributed by atoms with Gasteiger partial charge in [0.25, 0.3) is 0 Å². The molecule has 0 aromatic heterocycles. The molecule has 1 unspecified atom stereocenters. The fraction of sp³-hybridized carbons (Fsp3) is 0.250. The summed E-state index contributed by atoms with van der Waals surface area (Å²) in [7, 11) is 0. The first-order valence-corrected chi connectivity index (χ1v) is 4.28. The molecule has 0 aliphatic carbocycles. The van der Waals surface area contributed by atoms with Crippen molar-refractivity contribution in [2.75, 3.05) is 0 Å². The molecule has 0 radical (unpaired) electrons. The van der Waals surface area contributed by atoms with E-state index in [0.717, 1.165) is 0 Å². The van der Waals surface area contributed by atoms with Crippen LogP contribution in [0, 0.1) is 0 Å². The SMILES string of the molecule is CC(ON)Sc1ccccc1. The Hall–Kier alpha value is -0.510. The van der Waals surface area contributed by atoms with E-state index in [2.05, 4.69) is 4.84 Å². The molecule has 0 amide bonds. The van der Waals surface area contributed by atoms with Gasteiger partial charge in [0, 0.05) is 4.90 Å². The first-order valence-electron chi connectivity index (χ1n) is 3.40. The monoisotopic (exact) mass is 169 g/mol. The zero-order valence-corrected chi connectivity index (χ0v) is 7.17. The van der Waals surface area contributed by atoms with Crippen LogP contribution in [-0.2, 0) is 4.84 Å². The van der Waals surface area contributed by atoms with E-state index in [0.29, 0.717) is 0 Å². The van der Waals surface area contributed by atoms with Crippen LogP contribution in [0.15, 0.2) is 35.2 Å². The van der Waals surface area contributed by atoms with Crippen molar-refractivity contribution in [1.82, 2.24) is 0 Å². The molecule has 60 valence electrons. The minimum atomic E-state index is 0.0115. The van der Waals surface area contributed by atoms with Crippen LogP contribution in [0.5, 0.6) is 0 Å². The van der Waals surface area contributed by atoms with Crippen molar-refractivity contribution in [3.8, 4) is 0 Å². The highest BCUT2D eigenvalue weighted by molar-refractivity contribution is 7.99. The Morgan fingerprint density at radius 2 is 2.00 bits per heavy atom. The maximum absolute atomic E-state index is 5.00. The van der Waals surface area contributed by atoms with Crippen molar-refractivity contribution >= 4 is 11.8 Å². The summed E-state index contributed by atoms with van der Waals surface area (Å²) in [6.45, 7) is 1.91. The van der Waals surface area contributed by atoms with Gasteiger partial charge >= 0.3 is 0 Å². The molecular weight excluding hydrogens is 158 g/mol. The van der Waals surface area contributed by atoms with E-state index in [1.54, 1.807) is 11.8 Å². The molecule has 1 aromatic carbocycles. The fourth-order valence-corrected chi connectivity index (χ4v) is 1.47. The third-order valence-corrected chi connectivity index (χ3v) is 2.22. The van der Waals surface area contributed by atoms with Crippen molar-refractivity contribution in [3.63, 3.8) is 0 Å². The van der Waals surface area contributed by atoms with Crippen molar-refractivity contribution in [1.29, 1.82) is 0 Å². The average Bonchev–Trinajstić information content (AvgIpc) is 2.06. The molecular formula is C8H11NOS. The molecule has 2 N–H and O–H groups in total. The third kappa shape index (κ3) is 2.93. The van der Waals surface area contributed by atoms with Crippen LogP contribution in [0.1, 0.15) is 6.92 Å². The molecule has 0 saturated heterocycles. The number of thioether (sulfide) groups is 1. The van der Waals surface area contributed by atoms with Gasteiger partial charge in [0.15, 0.2) is 0 Å². The summed E-state index contributed by atoms with van der Waals surface area (Å²) in [6.07, 6.45) is 0. The molecule has 1 atom stereocenters. The van der Waals surface area contributed by atoms with Gasteiger partial charge in [-0.3, -0.25) is 4.84 Å². The maximum Gasteiger partial charge on any atom is 0.126 e. The van der Waals surface area contributed by atoms with Crippen LogP contribution in [0.2, 0.25) is 0 Å². The summed E-state index contributed by atoms with van der Waals surface area (Å²) in [5.41, 5.74) is 0.0115. The molecule has 11 heavy (non-hydrogen) atoms. The minimum Gasteiger partial charge on any atom is -0.290 e. The second-order valence-electron chi connectivity index (χ2n) is 2.13. The molecule has 2 nitrogen and oxygen atoms in total. The second kappa shape index (κ2) is 4.38. The summed E-state index contributed by atoms with van der Waals surface area (Å²) in [6, 6.07) is 10.0. The standard InChI is InChI=1S/C8H11NOS/c1-7(10-9)11-8-5-3-2-4-6-8/h2-7H,9H2,1H3. The van der Waals surface area contributed by atoms with E-state index in [1.807, 2.05) is 37.3 Å². The van der Waals surface area contributed by atoms with E-state index < -0.39 is 0 Å². The molecule has 0 heterocycles. The predicted molar refractivity (Wildman–Crippen MR) is 47.0 cm³/mol. The number of hydrogen-bond donors (Lipinski definition) is 1. The Balaban J connectivity index is 2.51. The summed E-state index contributed by atoms with van der Waals surface area (Å²) in [5.74, 6) is 5.00. The highest BCUT2D eigenvalue weighted by atomic mass is 32.2. The Morgan fingerprint density at radius 1 is 1.36 bits per heavy atom. The zero-order chi connectivity index (χ0) is 8.10. The van der Waals surface area contributed by atoms with E-state index in [1.165, 1.54) is 4.90 Å². The first-order chi connectivity index (χ1) is 5.33. The fourth-order valence-electron chi connectivity index (χ4n) is 0.718. The largest absolute Gasteiger partial charge is 0.290 e. The van der Waals surface area contributed by atoms with Gasteiger partial charge in [-0.1, -0.05) is 30.0 Å². The van der Waals surface area contributed by atoms with Crippen molar-refractivity contribution in [3.05, 3.63) is 30.3 Å². The summed E-state index contributed by atoms with van der Waals surface area (Å²) < 4.78 is 0. The van der Waals surface area contributed by atoms with Gasteiger partial charge in [0.1, 0.15) is 5.44 Å². The van der Waals surface area contributed by atoms with E-state index in [9.17, 15) is 0 Å². The number of benzene rings is 1. The average molecular weight is 169 g/mol. The zero-order valence-electron chi connectivity index (χ0n) is 6.36. The lowest BCUT2D eigenvalue weighted by Crippen LogP contribution is -2.08. The van der Waals surface area contributed by atoms with Gasteiger partial charge in [-0.05, 0) is 19.1 Å². The van der Waals surface area contributed by atoms with Crippen molar-refractivity contribution in [2.24, 2.45) is 5.90 Å². The Labute approximate surface area is 70.7 Å². The van der Waals surface area contributed by atoms with Gasteiger partial charge in [-0.15, -0.1) is 0 Å². The Kier molecular flexibility index (Phi) is 3.42. The van der Waals surface area contributed by atoms with Crippen LogP contribution >= 0.6 is 11.8 Å². The molecule has 0 bridgehead atoms. The third-order valence-electron chi connectivity index (χ3n) is 1.24. The van der Waals surface area contributed by atoms with Crippen molar-refractivity contribution in [2.45, 2.75) is 17.3 Å². The highest BCUT2D eigenvalue weighted by Crippen LogP contribution is 2.21. The molecule has 0 aliphatic heterocycles. The van der Waals surface area contributed by atoms with Gasteiger partial charge < -0.3 is 0 Å². The number of hydrogen-bond acceptors (Lipinski definition) is 3. The molecule has 0 spiro atoms. The molecule has 0 fully saturated rings. The topological polar surface area (TPSA) is 35.2 Å². The normalized spacial score (nSPS) is 12.9. The van der Waals surface area contributed by atoms with Gasteiger partial charge in [0.2, 0.25) is 0 Å². The molecule has 1 rings (SSSR count). The predicted octanol–water partition coefficient (Wildman–Crippen LogP) is 2.02. The quantitative estimate of drug-likeness (QED) is 0.427. The van der Waals surface area contributed by atoms with Crippen LogP contribution in [0.25, 0.3) is 0 Å². The summed E-state index contributed by atoms with van der Waals surface area (Å²) >= 11 is 1.60. The van der Waals surface area contributed by atoms with Crippen LogP contribution in [0.3, 0.4) is 0 Å². The van der Waals surface area contributed by atoms with Gasteiger partial charge in [0.05, 0.1) is 0 Å². The van der Waals surface area contributed by atoms with Gasteiger partial charge in [-0.2, -0.15) is 0 Å². The first kappa shape index (κ1) is 8.59. The Morgan fingerprint density at radius 3 is 2.55 bits per heavy atom. The lowest BCUT2D eigenvalue weighted by atomic mass is 10.4. The van der Waals surface area contributed by atoms with Gasteiger partial charge in [-0.25, -0.2) is 5.90 Å². The van der Waals surface area contributed by atoms with E-state index in [-0.39, 0.29) is 5.44 Å². The second-order valence-corrected chi connectivity index (χ2v) is 3.51. The lowest BCUT2D eigenvalue weighted by molar-refractivity contribution is 0.127. The smallest absolute Gasteiger partial charge is 0.126 e.